The molecule has 1 aliphatic rings. The van der Waals surface area contributed by atoms with Gasteiger partial charge in [-0.3, -0.25) is 0 Å². The van der Waals surface area contributed by atoms with E-state index in [-0.39, 0.29) is 29.5 Å². The van der Waals surface area contributed by atoms with E-state index in [4.69, 9.17) is 14.9 Å². The van der Waals surface area contributed by atoms with Gasteiger partial charge in [0.2, 0.25) is 10.0 Å². The molecule has 176 valence electrons. The maximum absolute atomic E-state index is 13.0. The summed E-state index contributed by atoms with van der Waals surface area (Å²) in [6.45, 7) is 2.00. The smallest absolute Gasteiger partial charge is 0.404 e. The first-order valence-electron chi connectivity index (χ1n) is 10.6. The van der Waals surface area contributed by atoms with Crippen molar-refractivity contribution in [3.05, 3.63) is 41.9 Å². The van der Waals surface area contributed by atoms with E-state index < -0.39 is 16.1 Å². The maximum Gasteiger partial charge on any atom is 0.404 e. The van der Waals surface area contributed by atoms with Crippen LogP contribution in [0.2, 0.25) is 0 Å². The van der Waals surface area contributed by atoms with E-state index >= 15 is 0 Å². The number of anilines is 2. The number of rotatable bonds is 8. The summed E-state index contributed by atoms with van der Waals surface area (Å²) in [7, 11) is -3.75. The number of nitrogens with two attached hydrogens (primary N) is 1. The lowest BCUT2D eigenvalue weighted by Gasteiger charge is -2.26. The average molecular weight is 492 g/mol. The Kier molecular flexibility index (Phi) is 6.96. The Morgan fingerprint density at radius 1 is 1.27 bits per heavy atom. The lowest BCUT2D eigenvalue weighted by Crippen LogP contribution is -2.26. The van der Waals surface area contributed by atoms with Gasteiger partial charge in [-0.2, -0.15) is 0 Å². The predicted molar refractivity (Wildman–Crippen MR) is 124 cm³/mol. The van der Waals surface area contributed by atoms with Gasteiger partial charge in [0.1, 0.15) is 12.4 Å². The zero-order chi connectivity index (χ0) is 23.4. The third kappa shape index (κ3) is 5.52. The number of amides is 1. The van der Waals surface area contributed by atoms with Gasteiger partial charge in [-0.1, -0.05) is 13.0 Å². The normalized spacial score (nSPS) is 18.7. The number of carbonyl (C=O) groups is 1. The summed E-state index contributed by atoms with van der Waals surface area (Å²) in [5, 5.41) is 3.91. The Bertz CT molecular complexity index is 1200. The molecule has 0 atom stereocenters. The van der Waals surface area contributed by atoms with Gasteiger partial charge in [-0.15, -0.1) is 11.3 Å². The van der Waals surface area contributed by atoms with Crippen LogP contribution in [-0.4, -0.2) is 37.1 Å². The van der Waals surface area contributed by atoms with E-state index in [0.717, 1.165) is 35.6 Å². The van der Waals surface area contributed by atoms with Crippen LogP contribution >= 0.6 is 11.3 Å². The molecule has 10 nitrogen and oxygen atoms in total. The fourth-order valence-corrected chi connectivity index (χ4v) is 6.37. The molecule has 0 radical (unpaired) electrons. The van der Waals surface area contributed by atoms with E-state index in [2.05, 4.69) is 20.0 Å². The first-order chi connectivity index (χ1) is 15.9. The molecule has 1 aromatic carbocycles. The van der Waals surface area contributed by atoms with Crippen molar-refractivity contribution in [2.24, 2.45) is 5.73 Å². The number of primary amides is 1. The summed E-state index contributed by atoms with van der Waals surface area (Å²) < 4.78 is 38.8. The molecular weight excluding hydrogens is 466 g/mol. The van der Waals surface area contributed by atoms with E-state index in [1.807, 2.05) is 0 Å². The van der Waals surface area contributed by atoms with Crippen molar-refractivity contribution in [1.29, 1.82) is 0 Å². The van der Waals surface area contributed by atoms with Crippen LogP contribution in [0.1, 0.15) is 43.5 Å². The highest BCUT2D eigenvalue weighted by molar-refractivity contribution is 7.89. The number of benzene rings is 1. The van der Waals surface area contributed by atoms with Crippen molar-refractivity contribution >= 4 is 39.2 Å². The number of nitrogens with one attached hydrogen (secondary N) is 2. The molecule has 1 aliphatic carbocycles. The molecule has 0 bridgehead atoms. The average Bonchev–Trinajstić information content (AvgIpc) is 3.46. The number of oxazole rings is 1. The molecule has 0 spiro atoms. The lowest BCUT2D eigenvalue weighted by molar-refractivity contribution is 0.0787. The van der Waals surface area contributed by atoms with Crippen molar-refractivity contribution in [3.63, 3.8) is 0 Å². The number of aromatic nitrogens is 2. The van der Waals surface area contributed by atoms with Gasteiger partial charge < -0.3 is 20.2 Å². The van der Waals surface area contributed by atoms with E-state index in [0.29, 0.717) is 11.3 Å². The van der Waals surface area contributed by atoms with Crippen LogP contribution in [0.25, 0.3) is 10.4 Å². The maximum atomic E-state index is 13.0. The highest BCUT2D eigenvalue weighted by atomic mass is 32.2. The molecule has 3 aromatic rings. The van der Waals surface area contributed by atoms with Gasteiger partial charge in [0.05, 0.1) is 21.0 Å². The highest BCUT2D eigenvalue weighted by Crippen LogP contribution is 2.40. The third-order valence-corrected chi connectivity index (χ3v) is 8.16. The Morgan fingerprint density at radius 2 is 2.06 bits per heavy atom. The predicted octanol–water partition coefficient (Wildman–Crippen LogP) is 3.96. The molecular formula is C21H25N5O5S2. The standard InChI is InChI=1S/C21H25N5O5S2/c1-2-25-33(28,29)18-11-14(26-21-23-9-10-30-21)5-8-16(18)17-12-24-19(32-17)13-3-6-15(7-4-13)31-20(22)27/h5,8-13,15,25H,2-4,6-7H2,1H3,(H2,22,27)(H,23,26). The first kappa shape index (κ1) is 23.2. The summed E-state index contributed by atoms with van der Waals surface area (Å²) in [6, 6.07) is 5.36. The molecule has 33 heavy (non-hydrogen) atoms. The zero-order valence-electron chi connectivity index (χ0n) is 18.0. The van der Waals surface area contributed by atoms with Crippen molar-refractivity contribution < 1.29 is 22.4 Å². The number of hydrogen-bond acceptors (Lipinski definition) is 9. The van der Waals surface area contributed by atoms with E-state index in [9.17, 15) is 13.2 Å². The number of ether oxygens (including phenoxy) is 1. The minimum Gasteiger partial charge on any atom is -0.446 e. The van der Waals surface area contributed by atoms with E-state index in [1.165, 1.54) is 23.8 Å². The molecule has 0 unspecified atom stereocenters. The summed E-state index contributed by atoms with van der Waals surface area (Å²) in [4.78, 5) is 20.5. The van der Waals surface area contributed by atoms with Crippen molar-refractivity contribution in [2.75, 3.05) is 11.9 Å². The molecule has 4 N–H and O–H groups in total. The van der Waals surface area contributed by atoms with Gasteiger partial charge >= 0.3 is 6.09 Å². The van der Waals surface area contributed by atoms with Gasteiger partial charge in [0.15, 0.2) is 0 Å². The van der Waals surface area contributed by atoms with Crippen molar-refractivity contribution in [2.45, 2.75) is 49.5 Å². The van der Waals surface area contributed by atoms with Crippen molar-refractivity contribution in [3.8, 4) is 10.4 Å². The molecule has 2 heterocycles. The third-order valence-electron chi connectivity index (χ3n) is 5.38. The quantitative estimate of drug-likeness (QED) is 0.428. The Hall–Kier alpha value is -2.96. The number of sulfonamides is 1. The summed E-state index contributed by atoms with van der Waals surface area (Å²) >= 11 is 1.48. The molecule has 1 fully saturated rings. The minimum absolute atomic E-state index is 0.148. The van der Waals surface area contributed by atoms with Crippen LogP contribution in [0, 0.1) is 0 Å². The Morgan fingerprint density at radius 3 is 2.73 bits per heavy atom. The van der Waals surface area contributed by atoms with Gasteiger partial charge in [0, 0.05) is 29.9 Å². The molecule has 0 saturated heterocycles. The monoisotopic (exact) mass is 491 g/mol. The van der Waals surface area contributed by atoms with Crippen LogP contribution in [0.5, 0.6) is 0 Å². The highest BCUT2D eigenvalue weighted by Gasteiger charge is 2.27. The zero-order valence-corrected chi connectivity index (χ0v) is 19.6. The molecule has 2 aromatic heterocycles. The molecule has 1 amide bonds. The molecule has 4 rings (SSSR count). The van der Waals surface area contributed by atoms with Crippen LogP contribution in [-0.2, 0) is 14.8 Å². The van der Waals surface area contributed by atoms with Gasteiger partial charge in [0.25, 0.3) is 6.01 Å². The fraction of sp³-hybridized carbons (Fsp3) is 0.381. The SMILES string of the molecule is CCNS(=O)(=O)c1cc(Nc2ncco2)ccc1-c1cnc(C2CCC(OC(N)=O)CC2)s1. The Balaban J connectivity index is 1.59. The molecule has 12 heteroatoms. The van der Waals surface area contributed by atoms with Crippen LogP contribution < -0.4 is 15.8 Å². The van der Waals surface area contributed by atoms with Gasteiger partial charge in [-0.05, 0) is 37.8 Å². The van der Waals surface area contributed by atoms with E-state index in [1.54, 1.807) is 31.3 Å². The second kappa shape index (κ2) is 9.89. The van der Waals surface area contributed by atoms with Crippen LogP contribution in [0.4, 0.5) is 16.5 Å². The minimum atomic E-state index is -3.75. The number of thiazole rings is 1. The van der Waals surface area contributed by atoms with Crippen molar-refractivity contribution in [1.82, 2.24) is 14.7 Å². The topological polar surface area (TPSA) is 149 Å². The molecule has 1 saturated carbocycles. The summed E-state index contributed by atoms with van der Waals surface area (Å²) in [6.07, 6.45) is 6.85. The van der Waals surface area contributed by atoms with Gasteiger partial charge in [-0.25, -0.2) is 27.9 Å². The largest absolute Gasteiger partial charge is 0.446 e. The fourth-order valence-electron chi connectivity index (χ4n) is 3.90. The number of hydrogen-bond donors (Lipinski definition) is 3. The molecule has 0 aliphatic heterocycles. The number of nitrogens with zero attached hydrogens (tertiary/aromatic N) is 2. The Labute approximate surface area is 195 Å². The summed E-state index contributed by atoms with van der Waals surface area (Å²) in [5.74, 6) is 0.233. The lowest BCUT2D eigenvalue weighted by atomic mass is 9.88. The first-order valence-corrected chi connectivity index (χ1v) is 12.9. The van der Waals surface area contributed by atoms with Crippen LogP contribution in [0.15, 0.2) is 46.2 Å². The second-order valence-corrected chi connectivity index (χ2v) is 10.4. The second-order valence-electron chi connectivity index (χ2n) is 7.65. The van der Waals surface area contributed by atoms with Crippen LogP contribution in [0.3, 0.4) is 0 Å². The number of carbonyl (C=O) groups excluding carboxylic acids is 1. The summed E-state index contributed by atoms with van der Waals surface area (Å²) in [5.41, 5.74) is 6.23.